The summed E-state index contributed by atoms with van der Waals surface area (Å²) in [5, 5.41) is 9.54. The molecule has 0 saturated carbocycles. The third kappa shape index (κ3) is 3.03. The number of para-hydroxylation sites is 1. The highest BCUT2D eigenvalue weighted by molar-refractivity contribution is 6.32. The van der Waals surface area contributed by atoms with E-state index in [2.05, 4.69) is 4.98 Å². The number of benzene rings is 1. The second-order valence-corrected chi connectivity index (χ2v) is 4.41. The van der Waals surface area contributed by atoms with Crippen LogP contribution in [-0.2, 0) is 4.79 Å². The normalized spacial score (nSPS) is 11.9. The van der Waals surface area contributed by atoms with E-state index in [1.54, 1.807) is 43.5 Å². The summed E-state index contributed by atoms with van der Waals surface area (Å²) in [5.41, 5.74) is 0.509. The van der Waals surface area contributed by atoms with Gasteiger partial charge in [0.1, 0.15) is 11.5 Å². The SMILES string of the molecule is CC(C(=O)O)c1cnccc1Oc1ccccc1Cl. The molecular weight excluding hydrogens is 266 g/mol. The lowest BCUT2D eigenvalue weighted by Crippen LogP contribution is -2.09. The topological polar surface area (TPSA) is 59.4 Å². The van der Waals surface area contributed by atoms with E-state index in [0.717, 1.165) is 0 Å². The maximum Gasteiger partial charge on any atom is 0.310 e. The minimum Gasteiger partial charge on any atom is -0.481 e. The molecule has 1 N–H and O–H groups in total. The monoisotopic (exact) mass is 277 g/mol. The van der Waals surface area contributed by atoms with E-state index >= 15 is 0 Å². The fourth-order valence-corrected chi connectivity index (χ4v) is 1.77. The van der Waals surface area contributed by atoms with E-state index in [9.17, 15) is 4.79 Å². The van der Waals surface area contributed by atoms with Crippen LogP contribution < -0.4 is 4.74 Å². The highest BCUT2D eigenvalue weighted by Gasteiger charge is 2.19. The van der Waals surface area contributed by atoms with Crippen LogP contribution in [0.5, 0.6) is 11.5 Å². The molecule has 4 nitrogen and oxygen atoms in total. The van der Waals surface area contributed by atoms with E-state index in [-0.39, 0.29) is 0 Å². The molecule has 0 aliphatic heterocycles. The van der Waals surface area contributed by atoms with Gasteiger partial charge in [-0.25, -0.2) is 0 Å². The first-order valence-corrected chi connectivity index (χ1v) is 6.06. The Balaban J connectivity index is 2.36. The molecule has 0 amide bonds. The third-order valence-electron chi connectivity index (χ3n) is 2.70. The van der Waals surface area contributed by atoms with Crippen molar-refractivity contribution < 1.29 is 14.6 Å². The summed E-state index contributed by atoms with van der Waals surface area (Å²) in [5.74, 6) is -0.713. The van der Waals surface area contributed by atoms with Gasteiger partial charge in [0, 0.05) is 18.0 Å². The quantitative estimate of drug-likeness (QED) is 0.925. The predicted octanol–water partition coefficient (Wildman–Crippen LogP) is 3.72. The molecule has 0 fully saturated rings. The van der Waals surface area contributed by atoms with Crippen LogP contribution in [-0.4, -0.2) is 16.1 Å². The maximum absolute atomic E-state index is 11.1. The molecule has 1 unspecified atom stereocenters. The highest BCUT2D eigenvalue weighted by atomic mass is 35.5. The summed E-state index contributed by atoms with van der Waals surface area (Å²) in [6, 6.07) is 8.64. The van der Waals surface area contributed by atoms with Crippen LogP contribution >= 0.6 is 11.6 Å². The molecule has 0 aliphatic rings. The minimum absolute atomic E-state index is 0.443. The van der Waals surface area contributed by atoms with Gasteiger partial charge >= 0.3 is 5.97 Å². The highest BCUT2D eigenvalue weighted by Crippen LogP contribution is 2.33. The van der Waals surface area contributed by atoms with Crippen molar-refractivity contribution in [3.05, 3.63) is 53.3 Å². The summed E-state index contributed by atoms with van der Waals surface area (Å²) in [6.07, 6.45) is 3.04. The first-order valence-electron chi connectivity index (χ1n) is 5.68. The van der Waals surface area contributed by atoms with Gasteiger partial charge in [-0.1, -0.05) is 23.7 Å². The number of rotatable bonds is 4. The third-order valence-corrected chi connectivity index (χ3v) is 3.02. The molecular formula is C14H12ClNO3. The molecule has 5 heteroatoms. The van der Waals surface area contributed by atoms with E-state index in [1.807, 2.05) is 0 Å². The van der Waals surface area contributed by atoms with Crippen LogP contribution in [0.2, 0.25) is 5.02 Å². The Bertz CT molecular complexity index is 601. The Morgan fingerprint density at radius 2 is 2.05 bits per heavy atom. The van der Waals surface area contributed by atoms with Crippen LogP contribution in [0.25, 0.3) is 0 Å². The van der Waals surface area contributed by atoms with Crippen LogP contribution in [0, 0.1) is 0 Å². The zero-order valence-corrected chi connectivity index (χ0v) is 11.0. The molecule has 0 saturated heterocycles. The van der Waals surface area contributed by atoms with Crippen LogP contribution in [0.1, 0.15) is 18.4 Å². The van der Waals surface area contributed by atoms with E-state index in [0.29, 0.717) is 22.1 Å². The Labute approximate surface area is 115 Å². The molecule has 1 aromatic carbocycles. The Morgan fingerprint density at radius 1 is 1.32 bits per heavy atom. The van der Waals surface area contributed by atoms with Crippen LogP contribution in [0.15, 0.2) is 42.7 Å². The summed E-state index contributed by atoms with van der Waals surface area (Å²) >= 11 is 6.01. The van der Waals surface area contributed by atoms with Gasteiger partial charge in [-0.05, 0) is 25.1 Å². The number of pyridine rings is 1. The van der Waals surface area contributed by atoms with Crippen molar-refractivity contribution >= 4 is 17.6 Å². The molecule has 98 valence electrons. The summed E-state index contributed by atoms with van der Waals surface area (Å²) in [4.78, 5) is 15.0. The van der Waals surface area contributed by atoms with Gasteiger partial charge in [0.15, 0.2) is 0 Å². The average Bonchev–Trinajstić information content (AvgIpc) is 2.41. The molecule has 0 spiro atoms. The van der Waals surface area contributed by atoms with Crippen LogP contribution in [0.4, 0.5) is 0 Å². The number of carbonyl (C=O) groups is 1. The molecule has 0 radical (unpaired) electrons. The Hall–Kier alpha value is -2.07. The van der Waals surface area contributed by atoms with Crippen molar-refractivity contribution in [2.75, 3.05) is 0 Å². The first kappa shape index (κ1) is 13.4. The van der Waals surface area contributed by atoms with Crippen molar-refractivity contribution in [1.82, 2.24) is 4.98 Å². The van der Waals surface area contributed by atoms with Crippen molar-refractivity contribution in [3.63, 3.8) is 0 Å². The Kier molecular flexibility index (Phi) is 4.02. The molecule has 1 aromatic heterocycles. The summed E-state index contributed by atoms with van der Waals surface area (Å²) < 4.78 is 5.68. The van der Waals surface area contributed by atoms with Crippen molar-refractivity contribution in [1.29, 1.82) is 0 Å². The predicted molar refractivity (Wildman–Crippen MR) is 71.8 cm³/mol. The Morgan fingerprint density at radius 3 is 2.74 bits per heavy atom. The van der Waals surface area contributed by atoms with Gasteiger partial charge in [-0.15, -0.1) is 0 Å². The smallest absolute Gasteiger partial charge is 0.310 e. The van der Waals surface area contributed by atoms with Gasteiger partial charge in [-0.2, -0.15) is 0 Å². The second kappa shape index (κ2) is 5.71. The number of ether oxygens (including phenoxy) is 1. The minimum atomic E-state index is -0.933. The molecule has 1 atom stereocenters. The summed E-state index contributed by atoms with van der Waals surface area (Å²) in [7, 11) is 0. The van der Waals surface area contributed by atoms with E-state index in [1.165, 1.54) is 6.20 Å². The number of nitrogens with zero attached hydrogens (tertiary/aromatic N) is 1. The number of halogens is 1. The second-order valence-electron chi connectivity index (χ2n) is 4.01. The van der Waals surface area contributed by atoms with Crippen LogP contribution in [0.3, 0.4) is 0 Å². The molecule has 19 heavy (non-hydrogen) atoms. The molecule has 0 bridgehead atoms. The lowest BCUT2D eigenvalue weighted by molar-refractivity contribution is -0.138. The number of carboxylic acid groups (broad SMARTS) is 1. The lowest BCUT2D eigenvalue weighted by Gasteiger charge is -2.13. The molecule has 0 aliphatic carbocycles. The maximum atomic E-state index is 11.1. The van der Waals surface area contributed by atoms with Gasteiger partial charge in [0.25, 0.3) is 0 Å². The van der Waals surface area contributed by atoms with E-state index < -0.39 is 11.9 Å². The molecule has 2 aromatic rings. The van der Waals surface area contributed by atoms with Gasteiger partial charge in [0.2, 0.25) is 0 Å². The molecule has 1 heterocycles. The number of aromatic nitrogens is 1. The average molecular weight is 278 g/mol. The van der Waals surface area contributed by atoms with Crippen molar-refractivity contribution in [3.8, 4) is 11.5 Å². The van der Waals surface area contributed by atoms with Crippen molar-refractivity contribution in [2.24, 2.45) is 0 Å². The largest absolute Gasteiger partial charge is 0.481 e. The van der Waals surface area contributed by atoms with Gasteiger partial charge in [0.05, 0.1) is 10.9 Å². The van der Waals surface area contributed by atoms with E-state index in [4.69, 9.17) is 21.4 Å². The van der Waals surface area contributed by atoms with Gasteiger partial charge < -0.3 is 9.84 Å². The number of aliphatic carboxylic acids is 1. The summed E-state index contributed by atoms with van der Waals surface area (Å²) in [6.45, 7) is 1.58. The number of hydrogen-bond acceptors (Lipinski definition) is 3. The lowest BCUT2D eigenvalue weighted by atomic mass is 10.0. The van der Waals surface area contributed by atoms with Gasteiger partial charge in [-0.3, -0.25) is 9.78 Å². The first-order chi connectivity index (χ1) is 9.09. The molecule has 2 rings (SSSR count). The zero-order chi connectivity index (χ0) is 13.8. The fraction of sp³-hybridized carbons (Fsp3) is 0.143. The standard InChI is InChI=1S/C14H12ClNO3/c1-9(14(17)18)10-8-16-7-6-12(10)19-13-5-3-2-4-11(13)15/h2-9H,1H3,(H,17,18). The zero-order valence-electron chi connectivity index (χ0n) is 10.2. The number of carboxylic acids is 1. The number of hydrogen-bond donors (Lipinski definition) is 1. The van der Waals surface area contributed by atoms with Crippen molar-refractivity contribution in [2.45, 2.75) is 12.8 Å². The fourth-order valence-electron chi connectivity index (χ4n) is 1.59.